The predicted octanol–water partition coefficient (Wildman–Crippen LogP) is 2.19. The van der Waals surface area contributed by atoms with E-state index in [9.17, 15) is 14.7 Å². The number of rotatable bonds is 4. The van der Waals surface area contributed by atoms with E-state index in [1.807, 2.05) is 17.0 Å². The van der Waals surface area contributed by atoms with Crippen molar-refractivity contribution in [3.05, 3.63) is 66.1 Å². The van der Waals surface area contributed by atoms with E-state index >= 15 is 0 Å². The van der Waals surface area contributed by atoms with Crippen molar-refractivity contribution in [2.75, 3.05) is 6.54 Å². The maximum atomic E-state index is 13.1. The van der Waals surface area contributed by atoms with Crippen LogP contribution in [0.4, 0.5) is 0 Å². The number of hydrogen-bond donors (Lipinski definition) is 2. The minimum absolute atomic E-state index is 0.0233. The van der Waals surface area contributed by atoms with Crippen molar-refractivity contribution in [3.8, 4) is 17.0 Å². The van der Waals surface area contributed by atoms with Gasteiger partial charge >= 0.3 is 0 Å². The largest absolute Gasteiger partial charge is 0.507 e. The molecule has 0 spiro atoms. The molecular weight excluding hydrogens is 382 g/mol. The molecule has 2 aromatic heterocycles. The molecule has 0 unspecified atom stereocenters. The smallest absolute Gasteiger partial charge is 0.272 e. The predicted molar refractivity (Wildman–Crippen MR) is 108 cm³/mol. The highest BCUT2D eigenvalue weighted by Crippen LogP contribution is 2.35. The summed E-state index contributed by atoms with van der Waals surface area (Å²) < 4.78 is 0. The van der Waals surface area contributed by atoms with Crippen molar-refractivity contribution in [1.29, 1.82) is 0 Å². The molecular formula is C22H21N5O3. The molecule has 8 nitrogen and oxygen atoms in total. The number of fused-ring (bicyclic) bond motifs is 1. The van der Waals surface area contributed by atoms with Crippen molar-refractivity contribution in [2.45, 2.75) is 31.5 Å². The van der Waals surface area contributed by atoms with Gasteiger partial charge < -0.3 is 14.9 Å². The summed E-state index contributed by atoms with van der Waals surface area (Å²) in [6, 6.07) is 12.2. The number of phenolic OH excluding ortho intramolecular Hbond substituents is 1. The second-order valence-electron chi connectivity index (χ2n) is 7.69. The van der Waals surface area contributed by atoms with Gasteiger partial charge in [0.05, 0.1) is 17.8 Å². The Bertz CT molecular complexity index is 1100. The normalized spacial score (nSPS) is 20.6. The minimum atomic E-state index is -0.171. The number of phenols is 1. The number of pyridine rings is 1. The van der Waals surface area contributed by atoms with E-state index in [-0.39, 0.29) is 29.6 Å². The number of benzene rings is 1. The number of carbonyl (C=O) groups is 2. The minimum Gasteiger partial charge on any atom is -0.507 e. The Labute approximate surface area is 173 Å². The third kappa shape index (κ3) is 3.10. The Morgan fingerprint density at radius 1 is 1.17 bits per heavy atom. The highest BCUT2D eigenvalue weighted by Gasteiger charge is 2.48. The Morgan fingerprint density at radius 3 is 2.77 bits per heavy atom. The fraction of sp³-hybridized carbons (Fsp3) is 0.273. The number of aromatic hydroxyl groups is 1. The number of hydrogen-bond acceptors (Lipinski definition) is 5. The molecule has 152 valence electrons. The average Bonchev–Trinajstić information content (AvgIpc) is 3.46. The number of aromatic amines is 1. The fourth-order valence-electron chi connectivity index (χ4n) is 4.48. The number of nitrogens with zero attached hydrogens (tertiary/aromatic N) is 4. The van der Waals surface area contributed by atoms with E-state index in [2.05, 4.69) is 15.2 Å². The first-order valence-corrected chi connectivity index (χ1v) is 9.95. The number of amides is 2. The van der Waals surface area contributed by atoms with Gasteiger partial charge in [0.2, 0.25) is 5.91 Å². The number of aromatic nitrogens is 3. The van der Waals surface area contributed by atoms with E-state index < -0.39 is 0 Å². The number of likely N-dealkylation sites (tertiary alicyclic amines) is 2. The molecule has 2 fully saturated rings. The van der Waals surface area contributed by atoms with Gasteiger partial charge in [-0.1, -0.05) is 12.1 Å². The van der Waals surface area contributed by atoms with Crippen LogP contribution in [-0.4, -0.2) is 60.5 Å². The van der Waals surface area contributed by atoms with Gasteiger partial charge in [0, 0.05) is 37.5 Å². The van der Waals surface area contributed by atoms with E-state index in [4.69, 9.17) is 0 Å². The average molecular weight is 403 g/mol. The van der Waals surface area contributed by atoms with E-state index in [1.165, 1.54) is 0 Å². The SMILES string of the molecule is O=C1C[C@H]2[C@H](CCN2C(=O)c2cc(-c3ccccc3O)n[nH]2)N1Cc1ccncc1. The molecule has 2 atom stereocenters. The van der Waals surface area contributed by atoms with E-state index in [1.54, 1.807) is 47.6 Å². The molecule has 1 aromatic carbocycles. The topological polar surface area (TPSA) is 102 Å². The Kier molecular flexibility index (Phi) is 4.46. The molecule has 2 saturated heterocycles. The van der Waals surface area contributed by atoms with Gasteiger partial charge in [-0.25, -0.2) is 0 Å². The summed E-state index contributed by atoms with van der Waals surface area (Å²) in [5.74, 6) is 0.00595. The van der Waals surface area contributed by atoms with Crippen molar-refractivity contribution >= 4 is 11.8 Å². The number of para-hydroxylation sites is 1. The van der Waals surface area contributed by atoms with Crippen LogP contribution < -0.4 is 0 Å². The van der Waals surface area contributed by atoms with Crippen molar-refractivity contribution in [3.63, 3.8) is 0 Å². The summed E-state index contributed by atoms with van der Waals surface area (Å²) in [5, 5.41) is 17.0. The summed E-state index contributed by atoms with van der Waals surface area (Å²) in [6.07, 6.45) is 4.53. The first-order valence-electron chi connectivity index (χ1n) is 9.95. The lowest BCUT2D eigenvalue weighted by Gasteiger charge is -2.25. The molecule has 3 aromatic rings. The van der Waals surface area contributed by atoms with Gasteiger partial charge in [-0.05, 0) is 42.3 Å². The van der Waals surface area contributed by atoms with Gasteiger partial charge in [0.25, 0.3) is 5.91 Å². The van der Waals surface area contributed by atoms with Crippen LogP contribution in [0.5, 0.6) is 5.75 Å². The zero-order valence-electron chi connectivity index (χ0n) is 16.2. The van der Waals surface area contributed by atoms with Crippen molar-refractivity contribution in [2.24, 2.45) is 0 Å². The number of nitrogens with one attached hydrogen (secondary N) is 1. The van der Waals surface area contributed by atoms with Crippen LogP contribution >= 0.6 is 0 Å². The molecule has 2 amide bonds. The Hall–Kier alpha value is -3.68. The molecule has 0 aliphatic carbocycles. The molecule has 0 saturated carbocycles. The van der Waals surface area contributed by atoms with Gasteiger partial charge in [0.15, 0.2) is 0 Å². The highest BCUT2D eigenvalue weighted by molar-refractivity contribution is 5.95. The Balaban J connectivity index is 1.34. The second-order valence-corrected chi connectivity index (χ2v) is 7.69. The van der Waals surface area contributed by atoms with Gasteiger partial charge in [0.1, 0.15) is 11.4 Å². The van der Waals surface area contributed by atoms with Crippen LogP contribution in [0.3, 0.4) is 0 Å². The summed E-state index contributed by atoms with van der Waals surface area (Å²) in [4.78, 5) is 33.5. The fourth-order valence-corrected chi connectivity index (χ4v) is 4.48. The third-order valence-electron chi connectivity index (χ3n) is 5.97. The molecule has 5 rings (SSSR count). The first kappa shape index (κ1) is 18.4. The van der Waals surface area contributed by atoms with E-state index in [0.29, 0.717) is 36.5 Å². The lowest BCUT2D eigenvalue weighted by Crippen LogP contribution is -2.39. The standard InChI is InChI=1S/C22H21N5O3/c28-20-4-2-1-3-15(20)16-11-17(25-24-16)22(30)26-10-7-18-19(26)12-21(29)27(18)13-14-5-8-23-9-6-14/h1-6,8-9,11,18-19,28H,7,10,12-13H2,(H,24,25)/t18-,19-/m0/s1. The van der Waals surface area contributed by atoms with Crippen LogP contribution in [0.15, 0.2) is 54.9 Å². The lowest BCUT2D eigenvalue weighted by molar-refractivity contribution is -0.129. The summed E-state index contributed by atoms with van der Waals surface area (Å²) in [6.45, 7) is 1.13. The van der Waals surface area contributed by atoms with Crippen LogP contribution in [0.25, 0.3) is 11.3 Å². The zero-order chi connectivity index (χ0) is 20.7. The first-order chi connectivity index (χ1) is 14.6. The number of carbonyl (C=O) groups excluding carboxylic acids is 2. The second kappa shape index (κ2) is 7.29. The molecule has 0 radical (unpaired) electrons. The zero-order valence-corrected chi connectivity index (χ0v) is 16.2. The van der Waals surface area contributed by atoms with Crippen molar-refractivity contribution in [1.82, 2.24) is 25.0 Å². The molecule has 2 N–H and O–H groups in total. The summed E-state index contributed by atoms with van der Waals surface area (Å²) >= 11 is 0. The molecule has 2 aliphatic rings. The Morgan fingerprint density at radius 2 is 1.97 bits per heavy atom. The van der Waals surface area contributed by atoms with Crippen LogP contribution in [-0.2, 0) is 11.3 Å². The maximum absolute atomic E-state index is 13.1. The van der Waals surface area contributed by atoms with Gasteiger partial charge in [-0.15, -0.1) is 0 Å². The molecule has 30 heavy (non-hydrogen) atoms. The monoisotopic (exact) mass is 403 g/mol. The van der Waals surface area contributed by atoms with Crippen LogP contribution in [0.1, 0.15) is 28.9 Å². The van der Waals surface area contributed by atoms with Gasteiger partial charge in [-0.3, -0.25) is 19.7 Å². The molecule has 4 heterocycles. The molecule has 0 bridgehead atoms. The molecule has 8 heteroatoms. The van der Waals surface area contributed by atoms with Gasteiger partial charge in [-0.2, -0.15) is 5.10 Å². The third-order valence-corrected chi connectivity index (χ3v) is 5.97. The quantitative estimate of drug-likeness (QED) is 0.695. The number of H-pyrrole nitrogens is 1. The summed E-state index contributed by atoms with van der Waals surface area (Å²) in [5.41, 5.74) is 2.46. The lowest BCUT2D eigenvalue weighted by atomic mass is 10.1. The summed E-state index contributed by atoms with van der Waals surface area (Å²) in [7, 11) is 0. The van der Waals surface area contributed by atoms with E-state index in [0.717, 1.165) is 12.0 Å². The van der Waals surface area contributed by atoms with Crippen LogP contribution in [0.2, 0.25) is 0 Å². The van der Waals surface area contributed by atoms with Crippen LogP contribution in [0, 0.1) is 0 Å². The maximum Gasteiger partial charge on any atom is 0.272 e. The molecule has 2 aliphatic heterocycles. The highest BCUT2D eigenvalue weighted by atomic mass is 16.3. The van der Waals surface area contributed by atoms with Crippen molar-refractivity contribution < 1.29 is 14.7 Å².